The monoisotopic (exact) mass is 229 g/mol. The predicted octanol–water partition coefficient (Wildman–Crippen LogP) is 1.97. The summed E-state index contributed by atoms with van der Waals surface area (Å²) in [4.78, 5) is 8.02. The normalized spacial score (nSPS) is 22.2. The molecule has 1 fully saturated rings. The van der Waals surface area contributed by atoms with Crippen molar-refractivity contribution < 1.29 is 0 Å². The molecule has 5 heteroatoms. The second-order valence-electron chi connectivity index (χ2n) is 3.25. The second-order valence-corrected chi connectivity index (χ2v) is 4.91. The van der Waals surface area contributed by atoms with E-state index in [0.717, 1.165) is 18.1 Å². The quantitative estimate of drug-likeness (QED) is 0.622. The van der Waals surface area contributed by atoms with E-state index < -0.39 is 0 Å². The van der Waals surface area contributed by atoms with Gasteiger partial charge in [0.2, 0.25) is 5.28 Å². The van der Waals surface area contributed by atoms with Gasteiger partial charge in [-0.15, -0.1) is 11.8 Å². The smallest absolute Gasteiger partial charge is 0.223 e. The van der Waals surface area contributed by atoms with Gasteiger partial charge in [-0.2, -0.15) is 0 Å². The van der Waals surface area contributed by atoms with E-state index in [1.54, 1.807) is 18.0 Å². The molecule has 1 aromatic heterocycles. The Morgan fingerprint density at radius 2 is 2.50 bits per heavy atom. The van der Waals surface area contributed by atoms with Crippen LogP contribution in [0.2, 0.25) is 5.28 Å². The van der Waals surface area contributed by atoms with E-state index >= 15 is 0 Å². The van der Waals surface area contributed by atoms with Crippen molar-refractivity contribution in [1.82, 2.24) is 15.3 Å². The van der Waals surface area contributed by atoms with Crippen LogP contribution in [0.1, 0.15) is 12.8 Å². The van der Waals surface area contributed by atoms with Gasteiger partial charge in [-0.25, -0.2) is 9.97 Å². The Balaban J connectivity index is 1.95. The summed E-state index contributed by atoms with van der Waals surface area (Å²) in [7, 11) is 0. The fraction of sp³-hybridized carbons (Fsp3) is 0.556. The zero-order valence-corrected chi connectivity index (χ0v) is 9.31. The van der Waals surface area contributed by atoms with Crippen LogP contribution in [-0.4, -0.2) is 28.3 Å². The maximum Gasteiger partial charge on any atom is 0.223 e. The zero-order valence-electron chi connectivity index (χ0n) is 7.74. The molecule has 0 unspecified atom stereocenters. The molecule has 1 N–H and O–H groups in total. The van der Waals surface area contributed by atoms with Crippen molar-refractivity contribution in [2.24, 2.45) is 0 Å². The Hall–Kier alpha value is -0.320. The molecule has 1 saturated heterocycles. The number of hydrogen-bond acceptors (Lipinski definition) is 4. The van der Waals surface area contributed by atoms with Crippen molar-refractivity contribution in [3.05, 3.63) is 17.5 Å². The number of nitrogens with one attached hydrogen (secondary N) is 1. The first-order valence-electron chi connectivity index (χ1n) is 4.70. The lowest BCUT2D eigenvalue weighted by Gasteiger charge is -2.21. The lowest BCUT2D eigenvalue weighted by Crippen LogP contribution is -2.31. The van der Waals surface area contributed by atoms with Crippen LogP contribution in [0.3, 0.4) is 0 Å². The molecule has 1 aromatic rings. The number of hydrogen-bond donors (Lipinski definition) is 1. The van der Waals surface area contributed by atoms with Crippen LogP contribution in [0.25, 0.3) is 0 Å². The summed E-state index contributed by atoms with van der Waals surface area (Å²) >= 11 is 7.49. The number of thioether (sulfide) groups is 1. The minimum absolute atomic E-state index is 0.332. The van der Waals surface area contributed by atoms with Gasteiger partial charge in [-0.1, -0.05) is 0 Å². The summed E-state index contributed by atoms with van der Waals surface area (Å²) in [5.74, 6) is 0. The molecule has 0 amide bonds. The first-order chi connectivity index (χ1) is 6.84. The van der Waals surface area contributed by atoms with Crippen LogP contribution in [-0.2, 0) is 0 Å². The van der Waals surface area contributed by atoms with Gasteiger partial charge >= 0.3 is 0 Å². The summed E-state index contributed by atoms with van der Waals surface area (Å²) in [5, 5.41) is 5.30. The summed E-state index contributed by atoms with van der Waals surface area (Å²) in [6.45, 7) is 2.20. The minimum Gasteiger partial charge on any atom is -0.316 e. The summed E-state index contributed by atoms with van der Waals surface area (Å²) in [5.41, 5.74) is 0. The van der Waals surface area contributed by atoms with Crippen molar-refractivity contribution >= 4 is 23.4 Å². The highest BCUT2D eigenvalue weighted by molar-refractivity contribution is 7.99. The highest BCUT2D eigenvalue weighted by Crippen LogP contribution is 2.25. The van der Waals surface area contributed by atoms with E-state index in [-0.39, 0.29) is 0 Å². The van der Waals surface area contributed by atoms with Gasteiger partial charge in [0.15, 0.2) is 0 Å². The molecule has 3 nitrogen and oxygen atoms in total. The molecule has 0 aliphatic carbocycles. The third kappa shape index (κ3) is 2.83. The van der Waals surface area contributed by atoms with Crippen LogP contribution in [0.4, 0.5) is 0 Å². The van der Waals surface area contributed by atoms with Gasteiger partial charge in [-0.05, 0) is 37.1 Å². The third-order valence-electron chi connectivity index (χ3n) is 2.14. The Labute approximate surface area is 92.7 Å². The minimum atomic E-state index is 0.332. The Bertz CT molecular complexity index is 302. The van der Waals surface area contributed by atoms with E-state index in [2.05, 4.69) is 15.3 Å². The number of nitrogens with zero attached hydrogens (tertiary/aromatic N) is 2. The van der Waals surface area contributed by atoms with Gasteiger partial charge in [-0.3, -0.25) is 0 Å². The van der Waals surface area contributed by atoms with Crippen molar-refractivity contribution in [2.45, 2.75) is 23.1 Å². The number of halogens is 1. The third-order valence-corrected chi connectivity index (χ3v) is 3.53. The molecule has 0 aromatic carbocycles. The molecule has 1 aliphatic rings. The summed E-state index contributed by atoms with van der Waals surface area (Å²) in [6.07, 6.45) is 4.20. The molecular formula is C9H12ClN3S. The van der Waals surface area contributed by atoms with Crippen LogP contribution in [0, 0.1) is 0 Å². The second kappa shape index (κ2) is 4.96. The first-order valence-corrected chi connectivity index (χ1v) is 5.96. The van der Waals surface area contributed by atoms with Crippen molar-refractivity contribution in [3.63, 3.8) is 0 Å². The Morgan fingerprint density at radius 3 is 3.21 bits per heavy atom. The van der Waals surface area contributed by atoms with Gasteiger partial charge < -0.3 is 5.32 Å². The fourth-order valence-electron chi connectivity index (χ4n) is 1.48. The van der Waals surface area contributed by atoms with Crippen LogP contribution in [0.15, 0.2) is 17.3 Å². The highest BCUT2D eigenvalue weighted by Gasteiger charge is 2.14. The van der Waals surface area contributed by atoms with Crippen molar-refractivity contribution in [2.75, 3.05) is 13.1 Å². The molecule has 1 aliphatic heterocycles. The van der Waals surface area contributed by atoms with E-state index in [1.165, 1.54) is 12.8 Å². The lowest BCUT2D eigenvalue weighted by atomic mass is 10.2. The van der Waals surface area contributed by atoms with Crippen LogP contribution < -0.4 is 5.32 Å². The predicted molar refractivity (Wildman–Crippen MR) is 58.8 cm³/mol. The van der Waals surface area contributed by atoms with E-state index in [4.69, 9.17) is 11.6 Å². The van der Waals surface area contributed by atoms with Crippen LogP contribution >= 0.6 is 23.4 Å². The fourth-order valence-corrected chi connectivity index (χ4v) is 2.78. The molecule has 2 heterocycles. The summed E-state index contributed by atoms with van der Waals surface area (Å²) < 4.78 is 0. The van der Waals surface area contributed by atoms with Crippen LogP contribution in [0.5, 0.6) is 0 Å². The van der Waals surface area contributed by atoms with Crippen molar-refractivity contribution in [1.29, 1.82) is 0 Å². The van der Waals surface area contributed by atoms with Crippen molar-refractivity contribution in [3.8, 4) is 0 Å². The molecular weight excluding hydrogens is 218 g/mol. The number of rotatable bonds is 2. The molecule has 0 spiro atoms. The SMILES string of the molecule is Clc1nccc(S[C@H]2CCCNC2)n1. The summed E-state index contributed by atoms with van der Waals surface area (Å²) in [6, 6.07) is 1.91. The Morgan fingerprint density at radius 1 is 1.57 bits per heavy atom. The molecule has 1 atom stereocenters. The van der Waals surface area contributed by atoms with Gasteiger partial charge in [0, 0.05) is 18.0 Å². The topological polar surface area (TPSA) is 37.8 Å². The average Bonchev–Trinajstić information content (AvgIpc) is 2.19. The molecule has 14 heavy (non-hydrogen) atoms. The zero-order chi connectivity index (χ0) is 9.80. The largest absolute Gasteiger partial charge is 0.316 e. The van der Waals surface area contributed by atoms with E-state index in [1.807, 2.05) is 6.07 Å². The molecule has 0 bridgehead atoms. The van der Waals surface area contributed by atoms with Gasteiger partial charge in [0.25, 0.3) is 0 Å². The number of aromatic nitrogens is 2. The number of piperidine rings is 1. The molecule has 0 radical (unpaired) electrons. The standard InChI is InChI=1S/C9H12ClN3S/c10-9-12-5-3-8(13-9)14-7-2-1-4-11-6-7/h3,5,7,11H,1-2,4,6H2/t7-/m0/s1. The van der Waals surface area contributed by atoms with E-state index in [0.29, 0.717) is 10.5 Å². The first kappa shape index (κ1) is 10.2. The maximum absolute atomic E-state index is 5.71. The molecule has 2 rings (SSSR count). The maximum atomic E-state index is 5.71. The Kier molecular flexibility index (Phi) is 3.61. The van der Waals surface area contributed by atoms with Gasteiger partial charge in [0.1, 0.15) is 5.03 Å². The molecule has 0 saturated carbocycles. The lowest BCUT2D eigenvalue weighted by molar-refractivity contribution is 0.531. The molecule has 76 valence electrons. The average molecular weight is 230 g/mol. The van der Waals surface area contributed by atoms with E-state index in [9.17, 15) is 0 Å². The highest BCUT2D eigenvalue weighted by atomic mass is 35.5. The van der Waals surface area contributed by atoms with Gasteiger partial charge in [0.05, 0.1) is 0 Å².